The molecule has 0 radical (unpaired) electrons. The van der Waals surface area contributed by atoms with Crippen molar-refractivity contribution in [3.8, 4) is 0 Å². The van der Waals surface area contributed by atoms with Crippen LogP contribution < -0.4 is 15.4 Å². The van der Waals surface area contributed by atoms with E-state index in [2.05, 4.69) is 15.4 Å². The highest BCUT2D eigenvalue weighted by atomic mass is 35.5. The first-order chi connectivity index (χ1) is 9.80. The van der Waals surface area contributed by atoms with Crippen LogP contribution in [-0.2, 0) is 19.6 Å². The lowest BCUT2D eigenvalue weighted by Crippen LogP contribution is -2.53. The third-order valence-corrected chi connectivity index (χ3v) is 4.65. The molecule has 0 saturated carbocycles. The zero-order chi connectivity index (χ0) is 15.9. The van der Waals surface area contributed by atoms with Crippen molar-refractivity contribution >= 4 is 28.3 Å². The fourth-order valence-corrected chi connectivity index (χ4v) is 2.95. The van der Waals surface area contributed by atoms with E-state index in [0.29, 0.717) is 0 Å². The minimum atomic E-state index is -3.48. The number of hydrogen-bond acceptors (Lipinski definition) is 5. The van der Waals surface area contributed by atoms with Gasteiger partial charge in [-0.3, -0.25) is 4.79 Å². The largest absolute Gasteiger partial charge is 0.378 e. The van der Waals surface area contributed by atoms with Gasteiger partial charge in [0.2, 0.25) is 15.9 Å². The van der Waals surface area contributed by atoms with Gasteiger partial charge in [0.25, 0.3) is 0 Å². The Morgan fingerprint density at radius 1 is 1.41 bits per heavy atom. The molecule has 1 fully saturated rings. The summed E-state index contributed by atoms with van der Waals surface area (Å²) in [5.41, 5.74) is 0. The minimum Gasteiger partial charge on any atom is -0.378 e. The molecule has 2 atom stereocenters. The van der Waals surface area contributed by atoms with Gasteiger partial charge in [-0.25, -0.2) is 13.1 Å². The molecule has 1 saturated heterocycles. The average molecular weight is 358 g/mol. The monoisotopic (exact) mass is 357 g/mol. The first kappa shape index (κ1) is 21.6. The van der Waals surface area contributed by atoms with Gasteiger partial charge in [0.15, 0.2) is 0 Å². The van der Waals surface area contributed by atoms with E-state index < -0.39 is 10.0 Å². The summed E-state index contributed by atoms with van der Waals surface area (Å²) in [7, 11) is -3.48. The first-order valence-electron chi connectivity index (χ1n) is 7.42. The van der Waals surface area contributed by atoms with Crippen molar-refractivity contribution < 1.29 is 17.9 Å². The van der Waals surface area contributed by atoms with Crippen LogP contribution in [0.5, 0.6) is 0 Å². The Kier molecular flexibility index (Phi) is 10.2. The number of sulfonamides is 1. The molecule has 0 aromatic heterocycles. The van der Waals surface area contributed by atoms with Gasteiger partial charge in [0, 0.05) is 12.1 Å². The number of amides is 1. The quantitative estimate of drug-likeness (QED) is 0.568. The van der Waals surface area contributed by atoms with Crippen LogP contribution in [0.25, 0.3) is 0 Å². The van der Waals surface area contributed by atoms with Crippen molar-refractivity contribution in [2.45, 2.75) is 51.8 Å². The van der Waals surface area contributed by atoms with Crippen LogP contribution in [-0.4, -0.2) is 58.0 Å². The highest BCUT2D eigenvalue weighted by Gasteiger charge is 2.22. The normalized spacial score (nSPS) is 22.2. The molecule has 0 spiro atoms. The summed E-state index contributed by atoms with van der Waals surface area (Å²) >= 11 is 0. The van der Waals surface area contributed by atoms with Gasteiger partial charge in [0.05, 0.1) is 25.0 Å². The van der Waals surface area contributed by atoms with E-state index in [-0.39, 0.29) is 55.4 Å². The van der Waals surface area contributed by atoms with Crippen LogP contribution in [0.15, 0.2) is 0 Å². The van der Waals surface area contributed by atoms with E-state index in [1.54, 1.807) is 0 Å². The standard InChI is InChI=1S/C13H27N3O4S.ClH/c1-10(2)20-7-8-21(18,19)15-9-13(17)16-12-5-4-6-14-11(12)3;/h10-12,14-15H,4-9H2,1-3H3,(H,16,17);1H. The highest BCUT2D eigenvalue weighted by molar-refractivity contribution is 7.89. The Bertz CT molecular complexity index is 431. The van der Waals surface area contributed by atoms with Gasteiger partial charge >= 0.3 is 0 Å². The molecular formula is C13H28ClN3O4S. The predicted octanol–water partition coefficient (Wildman–Crippen LogP) is 0.00930. The number of carbonyl (C=O) groups is 1. The van der Waals surface area contributed by atoms with Gasteiger partial charge in [-0.05, 0) is 40.2 Å². The summed E-state index contributed by atoms with van der Waals surface area (Å²) in [6.45, 7) is 6.54. The summed E-state index contributed by atoms with van der Waals surface area (Å²) < 4.78 is 30.9. The molecule has 0 aliphatic carbocycles. The highest BCUT2D eigenvalue weighted by Crippen LogP contribution is 2.07. The van der Waals surface area contributed by atoms with Crippen LogP contribution in [0.2, 0.25) is 0 Å². The Morgan fingerprint density at radius 2 is 2.09 bits per heavy atom. The number of ether oxygens (including phenoxy) is 1. The molecule has 22 heavy (non-hydrogen) atoms. The lowest BCUT2D eigenvalue weighted by molar-refractivity contribution is -0.121. The first-order valence-corrected chi connectivity index (χ1v) is 9.07. The van der Waals surface area contributed by atoms with Crippen molar-refractivity contribution in [2.75, 3.05) is 25.4 Å². The maximum atomic E-state index is 11.8. The second kappa shape index (κ2) is 10.4. The lowest BCUT2D eigenvalue weighted by atomic mass is 10.00. The Labute approximate surface area is 139 Å². The third kappa shape index (κ3) is 8.89. The van der Waals surface area contributed by atoms with Gasteiger partial charge < -0.3 is 15.4 Å². The average Bonchev–Trinajstić information content (AvgIpc) is 2.39. The molecule has 1 aliphatic heterocycles. The van der Waals surface area contributed by atoms with E-state index >= 15 is 0 Å². The molecular weight excluding hydrogens is 330 g/mol. The van der Waals surface area contributed by atoms with E-state index in [1.807, 2.05) is 20.8 Å². The third-order valence-electron chi connectivity index (χ3n) is 3.36. The SMILES string of the molecule is CC(C)OCCS(=O)(=O)NCC(=O)NC1CCCNC1C.Cl. The molecule has 1 heterocycles. The molecule has 3 N–H and O–H groups in total. The maximum absolute atomic E-state index is 11.8. The van der Waals surface area contributed by atoms with Crippen LogP contribution in [0.1, 0.15) is 33.6 Å². The summed E-state index contributed by atoms with van der Waals surface area (Å²) in [5, 5.41) is 6.13. The van der Waals surface area contributed by atoms with Gasteiger partial charge in [0.1, 0.15) is 0 Å². The number of carbonyl (C=O) groups excluding carboxylic acids is 1. The second-order valence-corrected chi connectivity index (χ2v) is 7.54. The zero-order valence-corrected chi connectivity index (χ0v) is 15.1. The van der Waals surface area contributed by atoms with Crippen LogP contribution in [0.4, 0.5) is 0 Å². The second-order valence-electron chi connectivity index (χ2n) is 5.62. The van der Waals surface area contributed by atoms with Crippen molar-refractivity contribution in [2.24, 2.45) is 0 Å². The van der Waals surface area contributed by atoms with Crippen LogP contribution in [0.3, 0.4) is 0 Å². The van der Waals surface area contributed by atoms with E-state index in [9.17, 15) is 13.2 Å². The molecule has 0 aromatic rings. The van der Waals surface area contributed by atoms with Gasteiger partial charge in [-0.1, -0.05) is 0 Å². The molecule has 0 bridgehead atoms. The minimum absolute atomic E-state index is 0. The fraction of sp³-hybridized carbons (Fsp3) is 0.923. The van der Waals surface area contributed by atoms with Crippen LogP contribution >= 0.6 is 12.4 Å². The molecule has 9 heteroatoms. The van der Waals surface area contributed by atoms with Crippen molar-refractivity contribution in [1.82, 2.24) is 15.4 Å². The molecule has 1 rings (SSSR count). The smallest absolute Gasteiger partial charge is 0.235 e. The van der Waals surface area contributed by atoms with Crippen molar-refractivity contribution in [3.63, 3.8) is 0 Å². The summed E-state index contributed by atoms with van der Waals surface area (Å²) in [6.07, 6.45) is 1.91. The van der Waals surface area contributed by atoms with Crippen molar-refractivity contribution in [3.05, 3.63) is 0 Å². The van der Waals surface area contributed by atoms with Crippen LogP contribution in [0, 0.1) is 0 Å². The van der Waals surface area contributed by atoms with E-state index in [4.69, 9.17) is 4.74 Å². The zero-order valence-electron chi connectivity index (χ0n) is 13.4. The number of piperidine rings is 1. The molecule has 132 valence electrons. The molecule has 7 nitrogen and oxygen atoms in total. The maximum Gasteiger partial charge on any atom is 0.235 e. The molecule has 0 aromatic carbocycles. The van der Waals surface area contributed by atoms with E-state index in [1.165, 1.54) is 0 Å². The number of hydrogen-bond donors (Lipinski definition) is 3. The van der Waals surface area contributed by atoms with E-state index in [0.717, 1.165) is 19.4 Å². The Balaban J connectivity index is 0.00000441. The molecule has 1 amide bonds. The van der Waals surface area contributed by atoms with Gasteiger partial charge in [-0.2, -0.15) is 0 Å². The fourth-order valence-electron chi connectivity index (χ4n) is 2.14. The van der Waals surface area contributed by atoms with Gasteiger partial charge in [-0.15, -0.1) is 12.4 Å². The predicted molar refractivity (Wildman–Crippen MR) is 88.8 cm³/mol. The van der Waals surface area contributed by atoms with Crippen molar-refractivity contribution in [1.29, 1.82) is 0 Å². The summed E-state index contributed by atoms with van der Waals surface area (Å²) in [4.78, 5) is 11.8. The topological polar surface area (TPSA) is 96.5 Å². The Hall–Kier alpha value is -0.410. The molecule has 1 aliphatic rings. The number of halogens is 1. The summed E-state index contributed by atoms with van der Waals surface area (Å²) in [6, 6.07) is 0.263. The molecule has 2 unspecified atom stereocenters. The number of rotatable bonds is 8. The number of nitrogens with one attached hydrogen (secondary N) is 3. The Morgan fingerprint density at radius 3 is 2.68 bits per heavy atom. The summed E-state index contributed by atoms with van der Waals surface area (Å²) in [5.74, 6) is -0.441. The lowest BCUT2D eigenvalue weighted by Gasteiger charge is -2.30.